The summed E-state index contributed by atoms with van der Waals surface area (Å²) < 4.78 is 1.22. The zero-order valence-corrected chi connectivity index (χ0v) is 13.7. The fourth-order valence-corrected chi connectivity index (χ4v) is 4.42. The van der Waals surface area contributed by atoms with Crippen molar-refractivity contribution in [3.8, 4) is 0 Å². The Labute approximate surface area is 122 Å². The number of hydrogen-bond donors (Lipinski definition) is 1. The maximum absolute atomic E-state index is 3.57. The predicted molar refractivity (Wildman–Crippen MR) is 82.4 cm³/mol. The van der Waals surface area contributed by atoms with Crippen molar-refractivity contribution in [1.29, 1.82) is 0 Å². The minimum absolute atomic E-state index is 0.472. The third-order valence-electron chi connectivity index (χ3n) is 3.63. The smallest absolute Gasteiger partial charge is 0.0702 e. The topological polar surface area (TPSA) is 18.5 Å². The summed E-state index contributed by atoms with van der Waals surface area (Å²) in [5.74, 6) is 0. The number of piperazine rings is 1. The molecule has 5 heteroatoms. The largest absolute Gasteiger partial charge is 0.314 e. The Balaban J connectivity index is 2.13. The molecule has 1 aromatic rings. The van der Waals surface area contributed by atoms with E-state index in [1.54, 1.807) is 0 Å². The number of rotatable bonds is 4. The molecule has 3 nitrogen and oxygen atoms in total. The molecule has 1 fully saturated rings. The Morgan fingerprint density at radius 3 is 2.50 bits per heavy atom. The molecule has 1 aliphatic heterocycles. The number of thiophene rings is 1. The fraction of sp³-hybridized carbons (Fsp3) is 0.692. The first-order chi connectivity index (χ1) is 8.59. The second kappa shape index (κ2) is 6.48. The molecule has 0 saturated carbocycles. The normalized spacial score (nSPS) is 21.2. The van der Waals surface area contributed by atoms with Crippen molar-refractivity contribution in [2.45, 2.75) is 19.0 Å². The molecule has 1 saturated heterocycles. The fourth-order valence-electron chi connectivity index (χ4n) is 2.70. The van der Waals surface area contributed by atoms with E-state index >= 15 is 0 Å². The molecule has 18 heavy (non-hydrogen) atoms. The Bertz CT molecular complexity index is 374. The summed E-state index contributed by atoms with van der Waals surface area (Å²) in [4.78, 5) is 6.37. The van der Waals surface area contributed by atoms with Gasteiger partial charge in [-0.15, -0.1) is 11.3 Å². The molecule has 0 spiro atoms. The highest BCUT2D eigenvalue weighted by molar-refractivity contribution is 9.11. The third-order valence-corrected chi connectivity index (χ3v) is 5.32. The third kappa shape index (κ3) is 3.33. The van der Waals surface area contributed by atoms with E-state index in [1.807, 2.05) is 11.3 Å². The Hall–Kier alpha value is 0.0600. The molecule has 2 unspecified atom stereocenters. The van der Waals surface area contributed by atoms with Gasteiger partial charge in [-0.05, 0) is 49.1 Å². The van der Waals surface area contributed by atoms with Crippen LogP contribution in [0.15, 0.2) is 15.9 Å². The Morgan fingerprint density at radius 2 is 2.00 bits per heavy atom. The van der Waals surface area contributed by atoms with Crippen molar-refractivity contribution < 1.29 is 0 Å². The van der Waals surface area contributed by atoms with Gasteiger partial charge in [0.15, 0.2) is 0 Å². The minimum atomic E-state index is 0.472. The zero-order chi connectivity index (χ0) is 13.1. The standard InChI is InChI=1S/C13H22BrN3S/c1-10(17-8-6-15-7-9-17)13(16(2)3)11-4-5-12(14)18-11/h4-5,10,13,15H,6-9H2,1-3H3. The van der Waals surface area contributed by atoms with Gasteiger partial charge in [0.05, 0.1) is 9.83 Å². The van der Waals surface area contributed by atoms with E-state index in [-0.39, 0.29) is 0 Å². The maximum atomic E-state index is 3.57. The summed E-state index contributed by atoms with van der Waals surface area (Å²) in [6, 6.07) is 5.42. The van der Waals surface area contributed by atoms with Crippen LogP contribution in [-0.2, 0) is 0 Å². The molecule has 0 aliphatic carbocycles. The number of likely N-dealkylation sites (N-methyl/N-ethyl adjacent to an activating group) is 1. The molecule has 2 atom stereocenters. The molecule has 0 amide bonds. The van der Waals surface area contributed by atoms with Gasteiger partial charge >= 0.3 is 0 Å². The van der Waals surface area contributed by atoms with Gasteiger partial charge in [-0.25, -0.2) is 0 Å². The lowest BCUT2D eigenvalue weighted by atomic mass is 10.0. The lowest BCUT2D eigenvalue weighted by Gasteiger charge is -2.39. The van der Waals surface area contributed by atoms with Crippen molar-refractivity contribution in [3.63, 3.8) is 0 Å². The molecule has 1 aliphatic rings. The summed E-state index contributed by atoms with van der Waals surface area (Å²) in [7, 11) is 4.36. The molecular formula is C13H22BrN3S. The van der Waals surface area contributed by atoms with Crippen molar-refractivity contribution in [2.75, 3.05) is 40.3 Å². The molecule has 1 aromatic heterocycles. The first-order valence-electron chi connectivity index (χ1n) is 6.46. The van der Waals surface area contributed by atoms with Crippen LogP contribution in [0.4, 0.5) is 0 Å². The summed E-state index contributed by atoms with van der Waals surface area (Å²) in [6.45, 7) is 6.87. The van der Waals surface area contributed by atoms with E-state index in [9.17, 15) is 0 Å². The van der Waals surface area contributed by atoms with Crippen molar-refractivity contribution in [3.05, 3.63) is 20.8 Å². The second-order valence-electron chi connectivity index (χ2n) is 5.08. The van der Waals surface area contributed by atoms with Crippen LogP contribution in [0.2, 0.25) is 0 Å². The monoisotopic (exact) mass is 331 g/mol. The van der Waals surface area contributed by atoms with Crippen LogP contribution in [0, 0.1) is 0 Å². The van der Waals surface area contributed by atoms with E-state index in [0.717, 1.165) is 26.2 Å². The zero-order valence-electron chi connectivity index (χ0n) is 11.3. The summed E-state index contributed by atoms with van der Waals surface area (Å²) >= 11 is 5.42. The number of nitrogens with one attached hydrogen (secondary N) is 1. The van der Waals surface area contributed by atoms with Gasteiger partial charge in [-0.1, -0.05) is 0 Å². The van der Waals surface area contributed by atoms with E-state index in [1.165, 1.54) is 8.66 Å². The van der Waals surface area contributed by atoms with E-state index < -0.39 is 0 Å². The number of hydrogen-bond acceptors (Lipinski definition) is 4. The quantitative estimate of drug-likeness (QED) is 0.914. The molecule has 2 heterocycles. The van der Waals surface area contributed by atoms with Gasteiger partial charge in [0.1, 0.15) is 0 Å². The molecule has 0 aromatic carbocycles. The van der Waals surface area contributed by atoms with Gasteiger partial charge in [-0.3, -0.25) is 4.90 Å². The van der Waals surface area contributed by atoms with Crippen molar-refractivity contribution in [2.24, 2.45) is 0 Å². The molecule has 1 N–H and O–H groups in total. The van der Waals surface area contributed by atoms with Crippen LogP contribution in [-0.4, -0.2) is 56.1 Å². The highest BCUT2D eigenvalue weighted by atomic mass is 79.9. The van der Waals surface area contributed by atoms with Crippen LogP contribution in [0.1, 0.15) is 17.8 Å². The summed E-state index contributed by atoms with van der Waals surface area (Å²) in [6.07, 6.45) is 0. The first kappa shape index (κ1) is 14.5. The summed E-state index contributed by atoms with van der Waals surface area (Å²) in [5.41, 5.74) is 0. The lowest BCUT2D eigenvalue weighted by molar-refractivity contribution is 0.108. The number of halogens is 1. The average Bonchev–Trinajstić information content (AvgIpc) is 2.76. The van der Waals surface area contributed by atoms with Gasteiger partial charge in [0, 0.05) is 37.1 Å². The molecular weight excluding hydrogens is 310 g/mol. The lowest BCUT2D eigenvalue weighted by Crippen LogP contribution is -2.51. The SMILES string of the molecule is CC(C(c1ccc(Br)s1)N(C)C)N1CCNCC1. The average molecular weight is 332 g/mol. The number of nitrogens with zero attached hydrogens (tertiary/aromatic N) is 2. The van der Waals surface area contributed by atoms with Crippen molar-refractivity contribution in [1.82, 2.24) is 15.1 Å². The van der Waals surface area contributed by atoms with Crippen LogP contribution >= 0.6 is 27.3 Å². The minimum Gasteiger partial charge on any atom is -0.314 e. The van der Waals surface area contributed by atoms with Gasteiger partial charge in [-0.2, -0.15) is 0 Å². The van der Waals surface area contributed by atoms with Gasteiger partial charge in [0.2, 0.25) is 0 Å². The predicted octanol–water partition coefficient (Wildman–Crippen LogP) is 2.41. The maximum Gasteiger partial charge on any atom is 0.0702 e. The van der Waals surface area contributed by atoms with E-state index in [0.29, 0.717) is 12.1 Å². The molecule has 0 radical (unpaired) electrons. The van der Waals surface area contributed by atoms with E-state index in [2.05, 4.69) is 64.2 Å². The molecule has 2 rings (SSSR count). The van der Waals surface area contributed by atoms with Gasteiger partial charge < -0.3 is 10.2 Å². The highest BCUT2D eigenvalue weighted by Gasteiger charge is 2.28. The molecule has 102 valence electrons. The first-order valence-corrected chi connectivity index (χ1v) is 8.07. The van der Waals surface area contributed by atoms with Crippen LogP contribution in [0.5, 0.6) is 0 Å². The van der Waals surface area contributed by atoms with Crippen LogP contribution in [0.3, 0.4) is 0 Å². The summed E-state index contributed by atoms with van der Waals surface area (Å²) in [5, 5.41) is 3.42. The highest BCUT2D eigenvalue weighted by Crippen LogP contribution is 2.33. The Morgan fingerprint density at radius 1 is 1.33 bits per heavy atom. The van der Waals surface area contributed by atoms with Crippen molar-refractivity contribution >= 4 is 27.3 Å². The van der Waals surface area contributed by atoms with Gasteiger partial charge in [0.25, 0.3) is 0 Å². The van der Waals surface area contributed by atoms with E-state index in [4.69, 9.17) is 0 Å². The van der Waals surface area contributed by atoms with Crippen LogP contribution in [0.25, 0.3) is 0 Å². The Kier molecular flexibility index (Phi) is 5.21. The molecule has 0 bridgehead atoms. The second-order valence-corrected chi connectivity index (χ2v) is 7.57. The van der Waals surface area contributed by atoms with Crippen LogP contribution < -0.4 is 5.32 Å².